The topological polar surface area (TPSA) is 49.4 Å². The number of halogens is 2. The van der Waals surface area contributed by atoms with Gasteiger partial charge in [-0.15, -0.1) is 0 Å². The van der Waals surface area contributed by atoms with E-state index in [0.29, 0.717) is 25.0 Å². The van der Waals surface area contributed by atoms with E-state index in [1.165, 1.54) is 18.2 Å². The highest BCUT2D eigenvalue weighted by Crippen LogP contribution is 2.36. The van der Waals surface area contributed by atoms with E-state index in [-0.39, 0.29) is 30.6 Å². The summed E-state index contributed by atoms with van der Waals surface area (Å²) in [5.41, 5.74) is 4.13. The van der Waals surface area contributed by atoms with Crippen LogP contribution in [0.3, 0.4) is 0 Å². The van der Waals surface area contributed by atoms with Gasteiger partial charge < -0.3 is 15.0 Å². The molecule has 1 N–H and O–H groups in total. The smallest absolute Gasteiger partial charge is 0.224 e. The van der Waals surface area contributed by atoms with Crippen LogP contribution in [0.4, 0.5) is 8.78 Å². The lowest BCUT2D eigenvalue weighted by molar-refractivity contribution is -0.120. The van der Waals surface area contributed by atoms with Crippen molar-refractivity contribution in [1.82, 2.24) is 10.2 Å². The first-order valence-electron chi connectivity index (χ1n) is 12.0. The molecule has 1 amide bonds. The van der Waals surface area contributed by atoms with Crippen molar-refractivity contribution in [3.8, 4) is 0 Å². The second-order valence-electron chi connectivity index (χ2n) is 7.74. The summed E-state index contributed by atoms with van der Waals surface area (Å²) >= 11 is 0. The van der Waals surface area contributed by atoms with Gasteiger partial charge in [0.25, 0.3) is 0 Å². The van der Waals surface area contributed by atoms with Gasteiger partial charge in [0, 0.05) is 30.8 Å². The van der Waals surface area contributed by atoms with Gasteiger partial charge in [-0.25, -0.2) is 8.78 Å². The van der Waals surface area contributed by atoms with Crippen LogP contribution in [-0.4, -0.2) is 23.1 Å². The third-order valence-corrected chi connectivity index (χ3v) is 5.43. The normalized spacial score (nSPS) is 16.1. The van der Waals surface area contributed by atoms with E-state index >= 15 is 0 Å². The average Bonchev–Trinajstić information content (AvgIpc) is 3.09. The lowest BCUT2D eigenvalue weighted by atomic mass is 10.0. The first kappa shape index (κ1) is 30.2. The highest BCUT2D eigenvalue weighted by atomic mass is 19.1. The molecule has 36 heavy (non-hydrogen) atoms. The van der Waals surface area contributed by atoms with E-state index in [0.717, 1.165) is 28.7 Å². The lowest BCUT2D eigenvalue weighted by Crippen LogP contribution is -2.32. The summed E-state index contributed by atoms with van der Waals surface area (Å²) in [6.45, 7) is 14.3. The average molecular weight is 495 g/mol. The highest BCUT2D eigenvalue weighted by Gasteiger charge is 2.31. The van der Waals surface area contributed by atoms with Crippen molar-refractivity contribution in [2.45, 2.75) is 52.6 Å². The molecule has 1 aliphatic heterocycles. The molecule has 0 aliphatic carbocycles. The number of nitrogens with one attached hydrogen (secondary N) is 1. The zero-order chi connectivity index (χ0) is 26.9. The largest absolute Gasteiger partial charge is 0.360 e. The summed E-state index contributed by atoms with van der Waals surface area (Å²) in [6, 6.07) is 6.17. The van der Waals surface area contributed by atoms with Crippen LogP contribution < -0.4 is 5.32 Å². The van der Waals surface area contributed by atoms with E-state index in [1.807, 2.05) is 20.8 Å². The van der Waals surface area contributed by atoms with Crippen LogP contribution in [0.2, 0.25) is 0 Å². The molecule has 0 spiro atoms. The maximum Gasteiger partial charge on any atom is 0.224 e. The minimum absolute atomic E-state index is 0.102. The van der Waals surface area contributed by atoms with E-state index in [2.05, 4.69) is 23.4 Å². The Kier molecular flexibility index (Phi) is 14.1. The number of carbonyl (C=O) groups is 2. The van der Waals surface area contributed by atoms with Gasteiger partial charge >= 0.3 is 0 Å². The number of amides is 1. The SMILES string of the molecule is C=C/C=C(\C=C/CC=O)NC(=O)CCC1C(C)=C(/C=C\C=C\F)C(=C)N1Cc1ccc(F)cc1.CC. The van der Waals surface area contributed by atoms with Gasteiger partial charge in [-0.3, -0.25) is 4.79 Å². The van der Waals surface area contributed by atoms with Crippen molar-refractivity contribution in [3.05, 3.63) is 120 Å². The van der Waals surface area contributed by atoms with E-state index in [4.69, 9.17) is 0 Å². The molecular weight excluding hydrogens is 458 g/mol. The zero-order valence-electron chi connectivity index (χ0n) is 21.3. The predicted molar refractivity (Wildman–Crippen MR) is 144 cm³/mol. The molecule has 0 bridgehead atoms. The number of carbonyl (C=O) groups excluding carboxylic acids is 2. The number of hydrogen-bond acceptors (Lipinski definition) is 3. The van der Waals surface area contributed by atoms with Gasteiger partial charge in [0.2, 0.25) is 5.91 Å². The number of aldehydes is 1. The molecule has 1 atom stereocenters. The second-order valence-corrected chi connectivity index (χ2v) is 7.74. The number of rotatable bonds is 12. The molecule has 4 nitrogen and oxygen atoms in total. The number of allylic oxidation sites excluding steroid dienone is 7. The lowest BCUT2D eigenvalue weighted by Gasteiger charge is -2.29. The molecule has 192 valence electrons. The van der Waals surface area contributed by atoms with Crippen LogP contribution in [0, 0.1) is 5.82 Å². The molecule has 0 fully saturated rings. The molecule has 1 aromatic rings. The molecule has 2 rings (SSSR count). The summed E-state index contributed by atoms with van der Waals surface area (Å²) < 4.78 is 25.8. The van der Waals surface area contributed by atoms with Gasteiger partial charge in [0.05, 0.1) is 12.4 Å². The molecule has 0 saturated carbocycles. The quantitative estimate of drug-likeness (QED) is 0.251. The van der Waals surface area contributed by atoms with Crippen LogP contribution in [-0.2, 0) is 16.1 Å². The Balaban J connectivity index is 0.00000316. The Labute approximate surface area is 213 Å². The van der Waals surface area contributed by atoms with Crippen LogP contribution in [0.25, 0.3) is 0 Å². The molecule has 0 saturated heterocycles. The Morgan fingerprint density at radius 2 is 1.89 bits per heavy atom. The summed E-state index contributed by atoms with van der Waals surface area (Å²) in [4.78, 5) is 25.3. The van der Waals surface area contributed by atoms with Crippen molar-refractivity contribution in [1.29, 1.82) is 0 Å². The standard InChI is InChI=1S/C28H30F2N2O2.C2H6/c1-4-9-25(10-6-8-19-33)31-28(34)17-16-27-21(2)26(11-5-7-18-29)22(3)32(27)20-23-12-14-24(30)15-13-23;1-2/h4-7,9-15,18-19,27H,1,3,8,16-17,20H2,2H3,(H,31,34);1-2H3/b10-6-,11-5-,18-7+,25-9+;. The molecule has 0 radical (unpaired) electrons. The van der Waals surface area contributed by atoms with Crippen molar-refractivity contribution in [3.63, 3.8) is 0 Å². The Morgan fingerprint density at radius 3 is 2.50 bits per heavy atom. The summed E-state index contributed by atoms with van der Waals surface area (Å²) in [6.07, 6.45) is 13.5. The minimum atomic E-state index is -0.307. The van der Waals surface area contributed by atoms with Crippen LogP contribution in [0.5, 0.6) is 0 Å². The molecular formula is C30H36F2N2O2. The Morgan fingerprint density at radius 1 is 1.19 bits per heavy atom. The fourth-order valence-electron chi connectivity index (χ4n) is 3.78. The molecule has 0 aromatic heterocycles. The second kappa shape index (κ2) is 16.8. The van der Waals surface area contributed by atoms with Crippen molar-refractivity contribution < 1.29 is 18.4 Å². The fraction of sp³-hybridized carbons (Fsp3) is 0.267. The van der Waals surface area contributed by atoms with Crippen LogP contribution in [0.1, 0.15) is 45.6 Å². The van der Waals surface area contributed by atoms with Gasteiger partial charge in [0.15, 0.2) is 0 Å². The molecule has 1 aromatic carbocycles. The minimum Gasteiger partial charge on any atom is -0.360 e. The van der Waals surface area contributed by atoms with Crippen molar-refractivity contribution >= 4 is 12.2 Å². The summed E-state index contributed by atoms with van der Waals surface area (Å²) in [5, 5.41) is 2.84. The highest BCUT2D eigenvalue weighted by molar-refractivity contribution is 5.78. The number of benzene rings is 1. The Hall–Kier alpha value is -3.80. The third kappa shape index (κ3) is 9.45. The predicted octanol–water partition coefficient (Wildman–Crippen LogP) is 7.02. The van der Waals surface area contributed by atoms with Crippen LogP contribution in [0.15, 0.2) is 109 Å². The first-order valence-corrected chi connectivity index (χ1v) is 12.0. The fourth-order valence-corrected chi connectivity index (χ4v) is 3.78. The van der Waals surface area contributed by atoms with Gasteiger partial charge in [-0.05, 0) is 60.4 Å². The molecule has 6 heteroatoms. The maximum absolute atomic E-state index is 13.4. The van der Waals surface area contributed by atoms with Crippen molar-refractivity contribution in [2.24, 2.45) is 0 Å². The first-order chi connectivity index (χ1) is 17.4. The van der Waals surface area contributed by atoms with Crippen LogP contribution >= 0.6 is 0 Å². The maximum atomic E-state index is 13.4. The Bertz CT molecular complexity index is 1050. The van der Waals surface area contributed by atoms with Gasteiger partial charge in [-0.1, -0.05) is 63.4 Å². The molecule has 1 unspecified atom stereocenters. The number of hydrogen-bond donors (Lipinski definition) is 1. The van der Waals surface area contributed by atoms with Gasteiger partial charge in [-0.2, -0.15) is 0 Å². The van der Waals surface area contributed by atoms with E-state index in [9.17, 15) is 18.4 Å². The van der Waals surface area contributed by atoms with Gasteiger partial charge in [0.1, 0.15) is 12.1 Å². The summed E-state index contributed by atoms with van der Waals surface area (Å²) in [7, 11) is 0. The number of nitrogens with zero attached hydrogens (tertiary/aromatic N) is 1. The molecule has 1 aliphatic rings. The van der Waals surface area contributed by atoms with E-state index < -0.39 is 0 Å². The zero-order valence-corrected chi connectivity index (χ0v) is 21.3. The third-order valence-electron chi connectivity index (χ3n) is 5.43. The summed E-state index contributed by atoms with van der Waals surface area (Å²) in [5.74, 6) is -0.480. The monoisotopic (exact) mass is 494 g/mol. The molecule has 1 heterocycles. The van der Waals surface area contributed by atoms with Crippen molar-refractivity contribution in [2.75, 3.05) is 0 Å². The van der Waals surface area contributed by atoms with E-state index in [1.54, 1.807) is 48.6 Å².